The van der Waals surface area contributed by atoms with E-state index in [9.17, 15) is 14.0 Å². The summed E-state index contributed by atoms with van der Waals surface area (Å²) in [5.74, 6) is -0.696. The Morgan fingerprint density at radius 1 is 1.15 bits per heavy atom. The summed E-state index contributed by atoms with van der Waals surface area (Å²) in [5, 5.41) is 9.54. The predicted octanol–water partition coefficient (Wildman–Crippen LogP) is 2.98. The molecule has 0 spiro atoms. The molecule has 0 N–H and O–H groups in total. The topological polar surface area (TPSA) is 74.6 Å². The quantitative estimate of drug-likeness (QED) is 0.755. The third-order valence-corrected chi connectivity index (χ3v) is 4.89. The molecule has 0 saturated carbocycles. The highest BCUT2D eigenvalue weighted by atomic mass is 35.5. The lowest BCUT2D eigenvalue weighted by atomic mass is 10.1. The van der Waals surface area contributed by atoms with Crippen molar-refractivity contribution in [2.24, 2.45) is 10.3 Å². The van der Waals surface area contributed by atoms with Crippen LogP contribution >= 0.6 is 11.6 Å². The van der Waals surface area contributed by atoms with Gasteiger partial charge in [0.15, 0.2) is 12.1 Å². The zero-order valence-electron chi connectivity index (χ0n) is 14.2. The summed E-state index contributed by atoms with van der Waals surface area (Å²) in [6.07, 6.45) is 0. The average Bonchev–Trinajstić information content (AvgIpc) is 3.18. The van der Waals surface area contributed by atoms with Crippen molar-refractivity contribution >= 4 is 29.1 Å². The van der Waals surface area contributed by atoms with Crippen molar-refractivity contribution in [1.29, 1.82) is 0 Å². The fourth-order valence-corrected chi connectivity index (χ4v) is 3.39. The molecule has 138 valence electrons. The van der Waals surface area contributed by atoms with Crippen molar-refractivity contribution in [3.05, 3.63) is 58.9 Å². The zero-order chi connectivity index (χ0) is 19.1. The molecule has 9 heteroatoms. The summed E-state index contributed by atoms with van der Waals surface area (Å²) in [5.41, 5.74) is 1.02. The number of methoxy groups -OCH3 is 1. The van der Waals surface area contributed by atoms with E-state index in [0.717, 1.165) is 4.90 Å². The van der Waals surface area contributed by atoms with Gasteiger partial charge < -0.3 is 4.74 Å². The number of carbonyl (C=O) groups is 2. The van der Waals surface area contributed by atoms with E-state index < -0.39 is 29.7 Å². The Balaban J connectivity index is 1.59. The zero-order valence-corrected chi connectivity index (χ0v) is 14.9. The number of ether oxygens (including phenoxy) is 1. The molecule has 0 aromatic heterocycles. The lowest BCUT2D eigenvalue weighted by Crippen LogP contribution is -2.39. The van der Waals surface area contributed by atoms with Crippen LogP contribution in [-0.4, -0.2) is 36.0 Å². The molecule has 2 aromatic carbocycles. The first kappa shape index (κ1) is 17.4. The molecule has 2 heterocycles. The number of hydrogen-bond acceptors (Lipinski definition) is 6. The van der Waals surface area contributed by atoms with E-state index in [0.29, 0.717) is 17.0 Å². The minimum absolute atomic E-state index is 0.138. The van der Waals surface area contributed by atoms with Crippen molar-refractivity contribution in [3.8, 4) is 5.75 Å². The number of benzene rings is 2. The molecule has 2 amide bonds. The molecule has 2 aromatic rings. The number of anilines is 1. The van der Waals surface area contributed by atoms with E-state index in [4.69, 9.17) is 16.3 Å². The van der Waals surface area contributed by atoms with Crippen LogP contribution in [0, 0.1) is 5.82 Å². The maximum absolute atomic E-state index is 13.2. The van der Waals surface area contributed by atoms with Crippen LogP contribution in [0.1, 0.15) is 5.56 Å². The van der Waals surface area contributed by atoms with Gasteiger partial charge in [0.25, 0.3) is 11.8 Å². The second-order valence-corrected chi connectivity index (χ2v) is 6.55. The Hall–Kier alpha value is -3.00. The van der Waals surface area contributed by atoms with E-state index in [-0.39, 0.29) is 11.6 Å². The van der Waals surface area contributed by atoms with Crippen molar-refractivity contribution in [2.45, 2.75) is 18.6 Å². The SMILES string of the molecule is COc1ccc(N2C(=O)[C@@H]3[C@@H](N=NN3Cc3ccc(F)cc3Cl)C2=O)cc1. The van der Waals surface area contributed by atoms with Gasteiger partial charge in [0.05, 0.1) is 19.3 Å². The van der Waals surface area contributed by atoms with Crippen LogP contribution in [0.3, 0.4) is 0 Å². The van der Waals surface area contributed by atoms with Crippen molar-refractivity contribution < 1.29 is 18.7 Å². The second-order valence-electron chi connectivity index (χ2n) is 6.14. The first-order valence-corrected chi connectivity index (χ1v) is 8.50. The first-order chi connectivity index (χ1) is 13.0. The normalized spacial score (nSPS) is 21.1. The molecule has 0 bridgehead atoms. The second kappa shape index (κ2) is 6.62. The molecule has 2 atom stereocenters. The monoisotopic (exact) mass is 388 g/mol. The minimum Gasteiger partial charge on any atom is -0.497 e. The number of hydrogen-bond donors (Lipinski definition) is 0. The Kier molecular flexibility index (Phi) is 4.27. The molecule has 4 rings (SSSR count). The lowest BCUT2D eigenvalue weighted by Gasteiger charge is -2.21. The van der Waals surface area contributed by atoms with Crippen LogP contribution in [0.2, 0.25) is 5.02 Å². The largest absolute Gasteiger partial charge is 0.497 e. The van der Waals surface area contributed by atoms with Gasteiger partial charge >= 0.3 is 0 Å². The summed E-state index contributed by atoms with van der Waals surface area (Å²) < 4.78 is 18.3. The van der Waals surface area contributed by atoms with Crippen molar-refractivity contribution in [3.63, 3.8) is 0 Å². The molecular weight excluding hydrogens is 375 g/mol. The van der Waals surface area contributed by atoms with Gasteiger partial charge in [-0.2, -0.15) is 5.11 Å². The van der Waals surface area contributed by atoms with Crippen LogP contribution in [0.4, 0.5) is 10.1 Å². The van der Waals surface area contributed by atoms with E-state index in [1.807, 2.05) is 0 Å². The Bertz CT molecular complexity index is 950. The number of rotatable bonds is 4. The fraction of sp³-hybridized carbons (Fsp3) is 0.222. The summed E-state index contributed by atoms with van der Waals surface area (Å²) >= 11 is 6.06. The predicted molar refractivity (Wildman–Crippen MR) is 94.9 cm³/mol. The number of nitrogens with zero attached hydrogens (tertiary/aromatic N) is 4. The average molecular weight is 389 g/mol. The minimum atomic E-state index is -0.904. The van der Waals surface area contributed by atoms with Crippen LogP contribution < -0.4 is 9.64 Å². The molecule has 0 unspecified atom stereocenters. The molecule has 2 aliphatic heterocycles. The van der Waals surface area contributed by atoms with E-state index >= 15 is 0 Å². The third kappa shape index (κ3) is 2.91. The van der Waals surface area contributed by atoms with Gasteiger partial charge in [0.1, 0.15) is 11.6 Å². The fourth-order valence-electron chi connectivity index (χ4n) is 3.16. The van der Waals surface area contributed by atoms with E-state index in [2.05, 4.69) is 10.3 Å². The molecule has 0 radical (unpaired) electrons. The summed E-state index contributed by atoms with van der Waals surface area (Å²) in [6.45, 7) is 0.138. The summed E-state index contributed by atoms with van der Waals surface area (Å²) in [6, 6.07) is 8.83. The molecule has 7 nitrogen and oxygen atoms in total. The van der Waals surface area contributed by atoms with Crippen LogP contribution in [0.25, 0.3) is 0 Å². The highest BCUT2D eigenvalue weighted by molar-refractivity contribution is 6.31. The number of imide groups is 1. The smallest absolute Gasteiger partial charge is 0.263 e. The molecule has 1 fully saturated rings. The van der Waals surface area contributed by atoms with Gasteiger partial charge in [-0.25, -0.2) is 9.29 Å². The van der Waals surface area contributed by atoms with E-state index in [1.165, 1.54) is 30.3 Å². The standard InChI is InChI=1S/C18H14ClFN4O3/c1-27-13-6-4-12(5-7-13)24-17(25)15-16(18(24)26)23(22-21-15)9-10-2-3-11(20)8-14(10)19/h2-8,15-16H,9H2,1H3/t15-,16+/m1/s1. The van der Waals surface area contributed by atoms with E-state index in [1.54, 1.807) is 24.3 Å². The van der Waals surface area contributed by atoms with Gasteiger partial charge in [0, 0.05) is 5.02 Å². The van der Waals surface area contributed by atoms with Gasteiger partial charge in [-0.1, -0.05) is 22.9 Å². The lowest BCUT2D eigenvalue weighted by molar-refractivity contribution is -0.123. The van der Waals surface area contributed by atoms with Gasteiger partial charge in [-0.3, -0.25) is 14.6 Å². The highest BCUT2D eigenvalue weighted by Crippen LogP contribution is 2.34. The molecule has 27 heavy (non-hydrogen) atoms. The highest BCUT2D eigenvalue weighted by Gasteiger charge is 2.54. The third-order valence-electron chi connectivity index (χ3n) is 4.54. The van der Waals surface area contributed by atoms with Gasteiger partial charge in [0.2, 0.25) is 0 Å². The molecule has 0 aliphatic carbocycles. The number of halogens is 2. The Morgan fingerprint density at radius 3 is 2.56 bits per heavy atom. The molecule has 2 aliphatic rings. The maximum atomic E-state index is 13.2. The number of fused-ring (bicyclic) bond motifs is 1. The van der Waals surface area contributed by atoms with Gasteiger partial charge in [-0.05, 0) is 42.0 Å². The van der Waals surface area contributed by atoms with Crippen LogP contribution in [0.5, 0.6) is 5.75 Å². The first-order valence-electron chi connectivity index (χ1n) is 8.13. The van der Waals surface area contributed by atoms with Gasteiger partial charge in [-0.15, -0.1) is 0 Å². The number of carbonyl (C=O) groups excluding carboxylic acids is 2. The summed E-state index contributed by atoms with van der Waals surface area (Å²) in [7, 11) is 1.53. The number of amides is 2. The van der Waals surface area contributed by atoms with Crippen molar-refractivity contribution in [2.75, 3.05) is 12.0 Å². The Morgan fingerprint density at radius 2 is 1.89 bits per heavy atom. The van der Waals surface area contributed by atoms with Crippen LogP contribution in [-0.2, 0) is 16.1 Å². The molecular formula is C18H14ClFN4O3. The Labute approximate surface area is 159 Å². The summed E-state index contributed by atoms with van der Waals surface area (Å²) in [4.78, 5) is 26.7. The molecule has 1 saturated heterocycles. The maximum Gasteiger partial charge on any atom is 0.263 e. The van der Waals surface area contributed by atoms with Crippen LogP contribution in [0.15, 0.2) is 52.8 Å². The van der Waals surface area contributed by atoms with Crippen molar-refractivity contribution in [1.82, 2.24) is 5.01 Å².